The van der Waals surface area contributed by atoms with E-state index in [1.165, 1.54) is 23.1 Å². The molecule has 6 heteroatoms. The van der Waals surface area contributed by atoms with E-state index in [1.54, 1.807) is 20.8 Å². The van der Waals surface area contributed by atoms with Crippen molar-refractivity contribution in [3.63, 3.8) is 0 Å². The summed E-state index contributed by atoms with van der Waals surface area (Å²) in [6.45, 7) is 5.10. The molecule has 0 saturated heterocycles. The van der Waals surface area contributed by atoms with E-state index in [0.717, 1.165) is 6.07 Å². The Morgan fingerprint density at radius 2 is 1.90 bits per heavy atom. The van der Waals surface area contributed by atoms with Gasteiger partial charge in [0.1, 0.15) is 6.54 Å². The summed E-state index contributed by atoms with van der Waals surface area (Å²) in [5, 5.41) is 0. The number of rotatable bonds is 5. The average molecular weight is 289 g/mol. The van der Waals surface area contributed by atoms with Crippen LogP contribution in [-0.2, 0) is 15.7 Å². The van der Waals surface area contributed by atoms with E-state index in [0.29, 0.717) is 0 Å². The number of hydrogen-bond acceptors (Lipinski definition) is 3. The molecular formula is C14H18F3NO2. The van der Waals surface area contributed by atoms with Gasteiger partial charge < -0.3 is 9.64 Å². The number of halogens is 3. The molecule has 0 amide bonds. The standard InChI is InChI=1S/C14H18F3NO2/c1-4-20-13(19)9-18(10(2)3)12-8-6-5-7-11(12)14(15,16)17/h5-8,10H,4,9H2,1-3H3. The first-order chi connectivity index (χ1) is 9.27. The zero-order chi connectivity index (χ0) is 15.3. The predicted octanol–water partition coefficient (Wildman–Crippen LogP) is 3.48. The maximum atomic E-state index is 13.0. The number of ether oxygens (including phenoxy) is 1. The van der Waals surface area contributed by atoms with Crippen molar-refractivity contribution in [1.82, 2.24) is 0 Å². The first kappa shape index (κ1) is 16.3. The normalized spacial score (nSPS) is 11.6. The van der Waals surface area contributed by atoms with Crippen LogP contribution >= 0.6 is 0 Å². The molecule has 112 valence electrons. The van der Waals surface area contributed by atoms with Crippen molar-refractivity contribution < 1.29 is 22.7 Å². The quantitative estimate of drug-likeness (QED) is 0.777. The van der Waals surface area contributed by atoms with E-state index in [4.69, 9.17) is 4.74 Å². The number of anilines is 1. The van der Waals surface area contributed by atoms with Crippen LogP contribution in [0.5, 0.6) is 0 Å². The molecule has 0 bridgehead atoms. The number of para-hydroxylation sites is 1. The highest BCUT2D eigenvalue weighted by Gasteiger charge is 2.35. The maximum Gasteiger partial charge on any atom is 0.418 e. The molecule has 0 aromatic heterocycles. The molecule has 3 nitrogen and oxygen atoms in total. The molecule has 0 unspecified atom stereocenters. The molecule has 1 rings (SSSR count). The molecule has 0 aliphatic heterocycles. The zero-order valence-corrected chi connectivity index (χ0v) is 11.7. The lowest BCUT2D eigenvalue weighted by molar-refractivity contribution is -0.142. The van der Waals surface area contributed by atoms with Crippen LogP contribution in [-0.4, -0.2) is 25.2 Å². The molecule has 0 saturated carbocycles. The lowest BCUT2D eigenvalue weighted by Crippen LogP contribution is -2.37. The summed E-state index contributed by atoms with van der Waals surface area (Å²) in [4.78, 5) is 12.9. The van der Waals surface area contributed by atoms with Crippen molar-refractivity contribution in [1.29, 1.82) is 0 Å². The molecule has 0 aliphatic carbocycles. The minimum absolute atomic E-state index is 0.0111. The summed E-state index contributed by atoms with van der Waals surface area (Å²) < 4.78 is 43.9. The average Bonchev–Trinajstić information content (AvgIpc) is 2.35. The Balaban J connectivity index is 3.13. The van der Waals surface area contributed by atoms with Crippen LogP contribution in [0.4, 0.5) is 18.9 Å². The lowest BCUT2D eigenvalue weighted by atomic mass is 10.1. The van der Waals surface area contributed by atoms with Crippen LogP contribution in [0.2, 0.25) is 0 Å². The molecule has 1 aromatic carbocycles. The van der Waals surface area contributed by atoms with Gasteiger partial charge in [-0.3, -0.25) is 4.79 Å². The summed E-state index contributed by atoms with van der Waals surface area (Å²) >= 11 is 0. The van der Waals surface area contributed by atoms with E-state index in [1.807, 2.05) is 0 Å². The minimum Gasteiger partial charge on any atom is -0.465 e. The van der Waals surface area contributed by atoms with Gasteiger partial charge in [0.15, 0.2) is 0 Å². The zero-order valence-electron chi connectivity index (χ0n) is 11.7. The number of alkyl halides is 3. The fraction of sp³-hybridized carbons (Fsp3) is 0.500. The van der Waals surface area contributed by atoms with Crippen molar-refractivity contribution in [3.8, 4) is 0 Å². The van der Waals surface area contributed by atoms with Crippen LogP contribution in [0.25, 0.3) is 0 Å². The second-order valence-electron chi connectivity index (χ2n) is 4.54. The van der Waals surface area contributed by atoms with Gasteiger partial charge in [0.25, 0.3) is 0 Å². The van der Waals surface area contributed by atoms with Gasteiger partial charge >= 0.3 is 12.1 Å². The summed E-state index contributed by atoms with van der Waals surface area (Å²) in [5.41, 5.74) is -0.763. The molecule has 20 heavy (non-hydrogen) atoms. The second kappa shape index (κ2) is 6.63. The Morgan fingerprint density at radius 3 is 2.40 bits per heavy atom. The van der Waals surface area contributed by atoms with Crippen molar-refractivity contribution in [2.24, 2.45) is 0 Å². The predicted molar refractivity (Wildman–Crippen MR) is 70.6 cm³/mol. The molecule has 0 radical (unpaired) electrons. The number of benzene rings is 1. The molecule has 1 aromatic rings. The third-order valence-corrected chi connectivity index (χ3v) is 2.75. The summed E-state index contributed by atoms with van der Waals surface area (Å²) in [5.74, 6) is -0.543. The number of hydrogen-bond donors (Lipinski definition) is 0. The molecule has 0 aliphatic rings. The van der Waals surface area contributed by atoms with Gasteiger partial charge in [0.05, 0.1) is 12.2 Å². The first-order valence-electron chi connectivity index (χ1n) is 6.35. The van der Waals surface area contributed by atoms with Crippen LogP contribution in [0.15, 0.2) is 24.3 Å². The third-order valence-electron chi connectivity index (χ3n) is 2.75. The highest BCUT2D eigenvalue weighted by atomic mass is 19.4. The molecule has 0 N–H and O–H groups in total. The summed E-state index contributed by atoms with van der Waals surface area (Å²) in [7, 11) is 0. The van der Waals surface area contributed by atoms with Gasteiger partial charge in [-0.05, 0) is 32.9 Å². The van der Waals surface area contributed by atoms with Crippen LogP contribution in [0.3, 0.4) is 0 Å². The summed E-state index contributed by atoms with van der Waals surface area (Å²) in [6, 6.07) is 4.96. The smallest absolute Gasteiger partial charge is 0.418 e. The van der Waals surface area contributed by atoms with Crippen LogP contribution < -0.4 is 4.90 Å². The van der Waals surface area contributed by atoms with E-state index >= 15 is 0 Å². The number of nitrogens with zero attached hydrogens (tertiary/aromatic N) is 1. The minimum atomic E-state index is -4.46. The van der Waals surface area contributed by atoms with Gasteiger partial charge in [-0.15, -0.1) is 0 Å². The molecular weight excluding hydrogens is 271 g/mol. The fourth-order valence-corrected chi connectivity index (χ4v) is 1.86. The van der Waals surface area contributed by atoms with Gasteiger partial charge in [0.2, 0.25) is 0 Å². The van der Waals surface area contributed by atoms with Crippen molar-refractivity contribution in [2.75, 3.05) is 18.1 Å². The number of carbonyl (C=O) groups excluding carboxylic acids is 1. The lowest BCUT2D eigenvalue weighted by Gasteiger charge is -2.30. The Kier molecular flexibility index (Phi) is 5.42. The van der Waals surface area contributed by atoms with E-state index < -0.39 is 17.7 Å². The van der Waals surface area contributed by atoms with Gasteiger partial charge in [-0.25, -0.2) is 0 Å². The Bertz CT molecular complexity index is 458. The highest BCUT2D eigenvalue weighted by molar-refractivity contribution is 5.76. The fourth-order valence-electron chi connectivity index (χ4n) is 1.86. The Morgan fingerprint density at radius 1 is 1.30 bits per heavy atom. The van der Waals surface area contributed by atoms with Gasteiger partial charge in [-0.2, -0.15) is 13.2 Å². The van der Waals surface area contributed by atoms with Crippen molar-refractivity contribution in [3.05, 3.63) is 29.8 Å². The van der Waals surface area contributed by atoms with Gasteiger partial charge in [-0.1, -0.05) is 12.1 Å². The maximum absolute atomic E-state index is 13.0. The highest BCUT2D eigenvalue weighted by Crippen LogP contribution is 2.36. The Labute approximate surface area is 116 Å². The van der Waals surface area contributed by atoms with Crippen LogP contribution in [0, 0.1) is 0 Å². The van der Waals surface area contributed by atoms with Gasteiger partial charge in [0, 0.05) is 11.7 Å². The monoisotopic (exact) mass is 289 g/mol. The van der Waals surface area contributed by atoms with E-state index in [9.17, 15) is 18.0 Å². The third kappa shape index (κ3) is 4.15. The van der Waals surface area contributed by atoms with Crippen molar-refractivity contribution in [2.45, 2.75) is 33.0 Å². The van der Waals surface area contributed by atoms with E-state index in [2.05, 4.69) is 0 Å². The molecule has 0 fully saturated rings. The first-order valence-corrected chi connectivity index (χ1v) is 6.35. The molecule has 0 heterocycles. The largest absolute Gasteiger partial charge is 0.465 e. The van der Waals surface area contributed by atoms with Crippen LogP contribution in [0.1, 0.15) is 26.3 Å². The van der Waals surface area contributed by atoms with Crippen molar-refractivity contribution >= 4 is 11.7 Å². The second-order valence-corrected chi connectivity index (χ2v) is 4.54. The number of esters is 1. The summed E-state index contributed by atoms with van der Waals surface area (Å²) in [6.07, 6.45) is -4.46. The molecule has 0 spiro atoms. The topological polar surface area (TPSA) is 29.5 Å². The van der Waals surface area contributed by atoms with E-state index in [-0.39, 0.29) is 24.9 Å². The Hall–Kier alpha value is -1.72. The number of carbonyl (C=O) groups is 1. The SMILES string of the molecule is CCOC(=O)CN(c1ccccc1C(F)(F)F)C(C)C. The molecule has 0 atom stereocenters.